The van der Waals surface area contributed by atoms with E-state index in [1.54, 1.807) is 30.3 Å². The molecule has 0 aliphatic heterocycles. The smallest absolute Gasteiger partial charge is 0.320 e. The minimum Gasteiger partial charge on any atom is -0.320 e. The van der Waals surface area contributed by atoms with Crippen LogP contribution < -0.4 is 5.32 Å². The number of anilines is 1. The fourth-order valence-electron chi connectivity index (χ4n) is 3.84. The van der Waals surface area contributed by atoms with Crippen molar-refractivity contribution in [2.24, 2.45) is 0 Å². The molecule has 0 saturated heterocycles. The van der Waals surface area contributed by atoms with Crippen LogP contribution in [0.2, 0.25) is 5.15 Å². The molecule has 0 bridgehead atoms. The van der Waals surface area contributed by atoms with Crippen LogP contribution in [-0.4, -0.2) is 22.5 Å². The summed E-state index contributed by atoms with van der Waals surface area (Å²) in [4.78, 5) is 18.8. The molecule has 198 valence electrons. The number of nitrogens with zero attached hydrogens (tertiary/aromatic N) is 2. The third-order valence-electron chi connectivity index (χ3n) is 5.75. The Morgan fingerprint density at radius 1 is 0.842 bits per heavy atom. The Balaban J connectivity index is 1.65. The second kappa shape index (κ2) is 10.9. The normalized spacial score (nSPS) is 12.0. The van der Waals surface area contributed by atoms with Gasteiger partial charge in [0.15, 0.2) is 0 Å². The molecular weight excluding hydrogens is 532 g/mol. The number of alkyl halides is 6. The number of aromatic nitrogens is 1. The van der Waals surface area contributed by atoms with E-state index in [9.17, 15) is 31.1 Å². The molecule has 11 heteroatoms. The van der Waals surface area contributed by atoms with Gasteiger partial charge in [0.05, 0.1) is 23.2 Å². The van der Waals surface area contributed by atoms with Crippen LogP contribution in [0.5, 0.6) is 0 Å². The molecular formula is C27H20ClF6N3O. The number of carbonyl (C=O) groups is 1. The van der Waals surface area contributed by atoms with Crippen LogP contribution in [0.1, 0.15) is 22.3 Å². The number of halogens is 7. The van der Waals surface area contributed by atoms with Crippen molar-refractivity contribution >= 4 is 34.2 Å². The Hall–Kier alpha value is -3.79. The van der Waals surface area contributed by atoms with Crippen molar-refractivity contribution in [1.82, 2.24) is 9.88 Å². The van der Waals surface area contributed by atoms with Gasteiger partial charge >= 0.3 is 18.4 Å². The van der Waals surface area contributed by atoms with E-state index in [4.69, 9.17) is 11.6 Å². The summed E-state index contributed by atoms with van der Waals surface area (Å²) >= 11 is 6.35. The largest absolute Gasteiger partial charge is 0.416 e. The summed E-state index contributed by atoms with van der Waals surface area (Å²) in [6.45, 7) is 0.0184. The first-order valence-corrected chi connectivity index (χ1v) is 11.7. The maximum atomic E-state index is 13.3. The first-order chi connectivity index (χ1) is 17.9. The molecule has 4 nitrogen and oxygen atoms in total. The number of para-hydroxylation sites is 1. The van der Waals surface area contributed by atoms with Crippen LogP contribution in [-0.2, 0) is 25.3 Å². The van der Waals surface area contributed by atoms with Gasteiger partial charge in [0.2, 0.25) is 0 Å². The summed E-state index contributed by atoms with van der Waals surface area (Å²) in [5, 5.41) is 3.08. The quantitative estimate of drug-likeness (QED) is 0.194. The molecule has 1 N–H and O–H groups in total. The number of carbonyl (C=O) groups excluding carboxylic acids is 1. The summed E-state index contributed by atoms with van der Waals surface area (Å²) in [5.74, 6) is 0. The maximum absolute atomic E-state index is 13.3. The fraction of sp³-hybridized carbons (Fsp3) is 0.185. The van der Waals surface area contributed by atoms with Crippen molar-refractivity contribution in [3.8, 4) is 0 Å². The first-order valence-electron chi connectivity index (χ1n) is 11.3. The summed E-state index contributed by atoms with van der Waals surface area (Å²) in [5.41, 5.74) is -1.71. The van der Waals surface area contributed by atoms with E-state index in [0.717, 1.165) is 10.9 Å². The third-order valence-corrected chi connectivity index (χ3v) is 6.08. The van der Waals surface area contributed by atoms with Crippen LogP contribution in [0.3, 0.4) is 0 Å². The average Bonchev–Trinajstić information content (AvgIpc) is 2.86. The second-order valence-electron chi connectivity index (χ2n) is 8.51. The standard InChI is InChI=1S/C27H20ClF6N3O/c28-24-19(12-18-8-4-5-9-23(18)36-24)16-37(11-10-17-6-2-1-3-7-17)25(38)35-22-14-20(26(29,30)31)13-21(15-22)27(32,33)34/h1-9,12-15H,10-11,16H2,(H,35,38). The second-order valence-corrected chi connectivity index (χ2v) is 8.87. The predicted octanol–water partition coefficient (Wildman–Crippen LogP) is 8.20. The van der Waals surface area contributed by atoms with E-state index >= 15 is 0 Å². The summed E-state index contributed by atoms with van der Waals surface area (Å²) in [7, 11) is 0. The lowest BCUT2D eigenvalue weighted by Crippen LogP contribution is -2.36. The van der Waals surface area contributed by atoms with Crippen LogP contribution in [0, 0.1) is 0 Å². The highest BCUT2D eigenvalue weighted by molar-refractivity contribution is 6.30. The molecule has 0 spiro atoms. The van der Waals surface area contributed by atoms with Gasteiger partial charge in [0.25, 0.3) is 0 Å². The molecule has 1 heterocycles. The minimum absolute atomic E-state index is 0.00332. The molecule has 0 atom stereocenters. The predicted molar refractivity (Wildman–Crippen MR) is 133 cm³/mol. The number of benzene rings is 3. The SMILES string of the molecule is O=C(Nc1cc(C(F)(F)F)cc(C(F)(F)F)c1)N(CCc1ccccc1)Cc1cc2ccccc2nc1Cl. The Kier molecular flexibility index (Phi) is 7.82. The van der Waals surface area contributed by atoms with Gasteiger partial charge in [-0.2, -0.15) is 26.3 Å². The minimum atomic E-state index is -5.04. The number of pyridine rings is 1. The molecule has 0 saturated carbocycles. The van der Waals surface area contributed by atoms with Crippen molar-refractivity contribution in [3.63, 3.8) is 0 Å². The monoisotopic (exact) mass is 551 g/mol. The summed E-state index contributed by atoms with van der Waals surface area (Å²) < 4.78 is 79.7. The lowest BCUT2D eigenvalue weighted by molar-refractivity contribution is -0.143. The molecule has 0 unspecified atom stereocenters. The first kappa shape index (κ1) is 27.3. The number of hydrogen-bond donors (Lipinski definition) is 1. The number of amides is 2. The van der Waals surface area contributed by atoms with Gasteiger partial charge in [-0.05, 0) is 42.3 Å². The molecule has 0 aliphatic rings. The van der Waals surface area contributed by atoms with Crippen molar-refractivity contribution in [1.29, 1.82) is 0 Å². The zero-order valence-corrected chi connectivity index (χ0v) is 20.3. The molecule has 38 heavy (non-hydrogen) atoms. The van der Waals surface area contributed by atoms with Gasteiger partial charge in [-0.3, -0.25) is 0 Å². The Labute approximate surface area is 218 Å². The number of nitrogens with one attached hydrogen (secondary N) is 1. The lowest BCUT2D eigenvalue weighted by atomic mass is 10.1. The van der Waals surface area contributed by atoms with Gasteiger partial charge in [-0.1, -0.05) is 60.1 Å². The Morgan fingerprint density at radius 3 is 2.08 bits per heavy atom. The highest BCUT2D eigenvalue weighted by Crippen LogP contribution is 2.37. The lowest BCUT2D eigenvalue weighted by Gasteiger charge is -2.24. The third kappa shape index (κ3) is 6.74. The topological polar surface area (TPSA) is 45.2 Å². The fourth-order valence-corrected chi connectivity index (χ4v) is 4.05. The Bertz CT molecular complexity index is 1410. The molecule has 4 rings (SSSR count). The zero-order valence-electron chi connectivity index (χ0n) is 19.6. The average molecular weight is 552 g/mol. The summed E-state index contributed by atoms with van der Waals surface area (Å²) in [6.07, 6.45) is -9.71. The highest BCUT2D eigenvalue weighted by atomic mass is 35.5. The zero-order chi connectivity index (χ0) is 27.5. The van der Waals surface area contributed by atoms with Crippen molar-refractivity contribution in [2.45, 2.75) is 25.3 Å². The van der Waals surface area contributed by atoms with Crippen molar-refractivity contribution in [2.75, 3.05) is 11.9 Å². The molecule has 0 fully saturated rings. The molecule has 0 radical (unpaired) electrons. The molecule has 1 aromatic heterocycles. The van der Waals surface area contributed by atoms with E-state index in [-0.39, 0.29) is 24.3 Å². The molecule has 0 aliphatic carbocycles. The number of rotatable bonds is 6. The van der Waals surface area contributed by atoms with Crippen molar-refractivity contribution < 1.29 is 31.1 Å². The van der Waals surface area contributed by atoms with Crippen molar-refractivity contribution in [3.05, 3.63) is 106 Å². The Morgan fingerprint density at radius 2 is 1.45 bits per heavy atom. The van der Waals surface area contributed by atoms with E-state index in [2.05, 4.69) is 10.3 Å². The van der Waals surface area contributed by atoms with Gasteiger partial charge < -0.3 is 10.2 Å². The van der Waals surface area contributed by atoms with Gasteiger partial charge in [-0.15, -0.1) is 0 Å². The van der Waals surface area contributed by atoms with Crippen LogP contribution in [0.25, 0.3) is 10.9 Å². The van der Waals surface area contributed by atoms with Gasteiger partial charge in [-0.25, -0.2) is 9.78 Å². The maximum Gasteiger partial charge on any atom is 0.416 e. The van der Waals surface area contributed by atoms with E-state index in [1.165, 1.54) is 4.90 Å². The van der Waals surface area contributed by atoms with Crippen LogP contribution in [0.4, 0.5) is 36.8 Å². The van der Waals surface area contributed by atoms with E-state index in [0.29, 0.717) is 29.6 Å². The van der Waals surface area contributed by atoms with Gasteiger partial charge in [0, 0.05) is 23.2 Å². The summed E-state index contributed by atoms with van der Waals surface area (Å²) in [6, 6.07) is 18.0. The van der Waals surface area contributed by atoms with E-state index < -0.39 is 35.2 Å². The molecule has 2 amide bonds. The van der Waals surface area contributed by atoms with Gasteiger partial charge in [0.1, 0.15) is 5.15 Å². The number of hydrogen-bond acceptors (Lipinski definition) is 2. The van der Waals surface area contributed by atoms with Crippen LogP contribution in [0.15, 0.2) is 78.9 Å². The number of urea groups is 1. The highest BCUT2D eigenvalue weighted by Gasteiger charge is 2.37. The van der Waals surface area contributed by atoms with E-state index in [1.807, 2.05) is 30.3 Å². The molecule has 4 aromatic rings. The molecule has 3 aromatic carbocycles. The van der Waals surface area contributed by atoms with Crippen LogP contribution >= 0.6 is 11.6 Å². The number of fused-ring (bicyclic) bond motifs is 1.